The number of hydrogen-bond donors (Lipinski definition) is 3. The van der Waals surface area contributed by atoms with Crippen LogP contribution >= 0.6 is 0 Å². The number of aliphatic hydroxyl groups excluding tert-OH is 1. The van der Waals surface area contributed by atoms with Crippen molar-refractivity contribution in [2.45, 2.75) is 25.8 Å². The van der Waals surface area contributed by atoms with Gasteiger partial charge in [-0.3, -0.25) is 4.79 Å². The van der Waals surface area contributed by atoms with E-state index in [2.05, 4.69) is 10.6 Å². The largest absolute Gasteiger partial charge is 0.394 e. The first-order chi connectivity index (χ1) is 5.52. The molecule has 0 rings (SSSR count). The molecule has 0 bridgehead atoms. The van der Waals surface area contributed by atoms with E-state index in [9.17, 15) is 4.79 Å². The molecule has 4 nitrogen and oxygen atoms in total. The smallest absolute Gasteiger partial charge is 0.221 e. The second-order valence-electron chi connectivity index (χ2n) is 3.39. The van der Waals surface area contributed by atoms with E-state index in [1.807, 2.05) is 13.8 Å². The van der Waals surface area contributed by atoms with Crippen LogP contribution in [0.1, 0.15) is 20.3 Å². The average molecular weight is 174 g/mol. The third kappa shape index (κ3) is 5.09. The summed E-state index contributed by atoms with van der Waals surface area (Å²) in [6.07, 6.45) is 0.444. The highest BCUT2D eigenvalue weighted by atomic mass is 16.3. The minimum Gasteiger partial charge on any atom is -0.394 e. The predicted molar refractivity (Wildman–Crippen MR) is 47.9 cm³/mol. The van der Waals surface area contributed by atoms with E-state index in [-0.39, 0.29) is 18.1 Å². The molecule has 0 aromatic heterocycles. The minimum atomic E-state index is -0.298. The normalized spacial score (nSPS) is 11.3. The molecular weight excluding hydrogens is 156 g/mol. The van der Waals surface area contributed by atoms with Crippen molar-refractivity contribution in [3.05, 3.63) is 0 Å². The lowest BCUT2D eigenvalue weighted by atomic mass is 10.1. The number of nitrogens with one attached hydrogen (secondary N) is 2. The zero-order valence-corrected chi connectivity index (χ0v) is 7.98. The molecule has 0 heterocycles. The number of amides is 1. The van der Waals surface area contributed by atoms with Gasteiger partial charge < -0.3 is 15.7 Å². The highest BCUT2D eigenvalue weighted by Gasteiger charge is 2.14. The molecule has 0 saturated heterocycles. The summed E-state index contributed by atoms with van der Waals surface area (Å²) in [5, 5.41) is 14.4. The summed E-state index contributed by atoms with van der Waals surface area (Å²) in [6.45, 7) is 4.43. The maximum Gasteiger partial charge on any atom is 0.221 e. The zero-order valence-electron chi connectivity index (χ0n) is 7.98. The van der Waals surface area contributed by atoms with Gasteiger partial charge in [0, 0.05) is 25.6 Å². The van der Waals surface area contributed by atoms with Crippen molar-refractivity contribution < 1.29 is 9.90 Å². The summed E-state index contributed by atoms with van der Waals surface area (Å²) in [4.78, 5) is 10.8. The fraction of sp³-hybridized carbons (Fsp3) is 0.875. The molecule has 0 atom stereocenters. The summed E-state index contributed by atoms with van der Waals surface area (Å²) in [7, 11) is 1.61. The van der Waals surface area contributed by atoms with Crippen LogP contribution in [0.25, 0.3) is 0 Å². The van der Waals surface area contributed by atoms with E-state index < -0.39 is 0 Å². The number of carbonyl (C=O) groups excluding carboxylic acids is 1. The maximum absolute atomic E-state index is 10.8. The molecule has 0 aliphatic heterocycles. The number of aliphatic hydroxyl groups is 1. The van der Waals surface area contributed by atoms with E-state index in [0.29, 0.717) is 13.0 Å². The van der Waals surface area contributed by atoms with Crippen molar-refractivity contribution in [3.8, 4) is 0 Å². The second kappa shape index (κ2) is 5.11. The molecule has 0 aromatic rings. The molecule has 0 saturated carbocycles. The molecule has 0 fully saturated rings. The Kier molecular flexibility index (Phi) is 4.85. The second-order valence-corrected chi connectivity index (χ2v) is 3.39. The Bertz CT molecular complexity index is 146. The van der Waals surface area contributed by atoms with Crippen LogP contribution in [-0.4, -0.2) is 36.8 Å². The van der Waals surface area contributed by atoms with Gasteiger partial charge in [-0.15, -0.1) is 0 Å². The lowest BCUT2D eigenvalue weighted by Gasteiger charge is -2.23. The number of rotatable bonds is 5. The lowest BCUT2D eigenvalue weighted by Crippen LogP contribution is -2.44. The number of carbonyl (C=O) groups is 1. The highest BCUT2D eigenvalue weighted by molar-refractivity contribution is 5.75. The Morgan fingerprint density at radius 1 is 1.50 bits per heavy atom. The van der Waals surface area contributed by atoms with Crippen molar-refractivity contribution in [3.63, 3.8) is 0 Å². The standard InChI is InChI=1S/C8H18N2O2/c1-8(2,6-11)10-5-4-7(12)9-3/h10-11H,4-6H2,1-3H3,(H,9,12). The van der Waals surface area contributed by atoms with Crippen LogP contribution in [0.2, 0.25) is 0 Å². The van der Waals surface area contributed by atoms with Crippen molar-refractivity contribution in [1.29, 1.82) is 0 Å². The predicted octanol–water partition coefficient (Wildman–Crippen LogP) is -0.517. The van der Waals surface area contributed by atoms with Gasteiger partial charge in [0.05, 0.1) is 6.61 Å². The van der Waals surface area contributed by atoms with Gasteiger partial charge in [-0.1, -0.05) is 0 Å². The topological polar surface area (TPSA) is 61.4 Å². The van der Waals surface area contributed by atoms with E-state index in [4.69, 9.17) is 5.11 Å². The van der Waals surface area contributed by atoms with Crippen LogP contribution in [0.5, 0.6) is 0 Å². The number of hydrogen-bond acceptors (Lipinski definition) is 3. The Hall–Kier alpha value is -0.610. The molecule has 0 aromatic carbocycles. The Balaban J connectivity index is 3.49. The van der Waals surface area contributed by atoms with Gasteiger partial charge in [0.2, 0.25) is 5.91 Å². The van der Waals surface area contributed by atoms with Crippen molar-refractivity contribution in [2.24, 2.45) is 0 Å². The fourth-order valence-corrected chi connectivity index (χ4v) is 0.695. The molecule has 72 valence electrons. The summed E-state index contributed by atoms with van der Waals surface area (Å²) < 4.78 is 0. The summed E-state index contributed by atoms with van der Waals surface area (Å²) >= 11 is 0. The van der Waals surface area contributed by atoms with Crippen LogP contribution in [0, 0.1) is 0 Å². The first-order valence-corrected chi connectivity index (χ1v) is 4.08. The van der Waals surface area contributed by atoms with Crippen LogP contribution in [0.15, 0.2) is 0 Å². The Morgan fingerprint density at radius 2 is 2.08 bits per heavy atom. The SMILES string of the molecule is CNC(=O)CCNC(C)(C)CO. The molecule has 0 unspecified atom stereocenters. The van der Waals surface area contributed by atoms with Crippen LogP contribution < -0.4 is 10.6 Å². The summed E-state index contributed by atoms with van der Waals surface area (Å²) in [5.74, 6) is 0.0104. The van der Waals surface area contributed by atoms with Crippen LogP contribution in [0.3, 0.4) is 0 Å². The lowest BCUT2D eigenvalue weighted by molar-refractivity contribution is -0.120. The van der Waals surface area contributed by atoms with Crippen LogP contribution in [0.4, 0.5) is 0 Å². The van der Waals surface area contributed by atoms with Gasteiger partial charge in [0.25, 0.3) is 0 Å². The van der Waals surface area contributed by atoms with E-state index in [1.165, 1.54) is 0 Å². The van der Waals surface area contributed by atoms with Crippen LogP contribution in [-0.2, 0) is 4.79 Å². The van der Waals surface area contributed by atoms with E-state index in [1.54, 1.807) is 7.05 Å². The molecule has 0 aliphatic carbocycles. The molecule has 0 spiro atoms. The molecule has 12 heavy (non-hydrogen) atoms. The van der Waals surface area contributed by atoms with Crippen molar-refractivity contribution in [1.82, 2.24) is 10.6 Å². The molecule has 1 amide bonds. The minimum absolute atomic E-state index is 0.0104. The van der Waals surface area contributed by atoms with Gasteiger partial charge in [-0.2, -0.15) is 0 Å². The Labute approximate surface area is 73.3 Å². The Morgan fingerprint density at radius 3 is 2.50 bits per heavy atom. The van der Waals surface area contributed by atoms with Gasteiger partial charge >= 0.3 is 0 Å². The van der Waals surface area contributed by atoms with Crippen molar-refractivity contribution in [2.75, 3.05) is 20.2 Å². The monoisotopic (exact) mass is 174 g/mol. The first kappa shape index (κ1) is 11.4. The van der Waals surface area contributed by atoms with Gasteiger partial charge in [0.15, 0.2) is 0 Å². The highest BCUT2D eigenvalue weighted by Crippen LogP contribution is 1.98. The molecule has 0 aliphatic rings. The average Bonchev–Trinajstić information content (AvgIpc) is 2.04. The van der Waals surface area contributed by atoms with Gasteiger partial charge in [-0.05, 0) is 13.8 Å². The summed E-state index contributed by atoms with van der Waals surface area (Å²) in [6, 6.07) is 0. The maximum atomic E-state index is 10.8. The molecular formula is C8H18N2O2. The van der Waals surface area contributed by atoms with E-state index >= 15 is 0 Å². The fourth-order valence-electron chi connectivity index (χ4n) is 0.695. The van der Waals surface area contributed by atoms with Crippen molar-refractivity contribution >= 4 is 5.91 Å². The quantitative estimate of drug-likeness (QED) is 0.526. The van der Waals surface area contributed by atoms with Gasteiger partial charge in [0.1, 0.15) is 0 Å². The van der Waals surface area contributed by atoms with E-state index in [0.717, 1.165) is 0 Å². The van der Waals surface area contributed by atoms with Gasteiger partial charge in [-0.25, -0.2) is 0 Å². The third-order valence-corrected chi connectivity index (χ3v) is 1.63. The first-order valence-electron chi connectivity index (χ1n) is 4.08. The zero-order chi connectivity index (χ0) is 9.61. The molecule has 0 radical (unpaired) electrons. The molecule has 4 heteroatoms. The summed E-state index contributed by atoms with van der Waals surface area (Å²) in [5.41, 5.74) is -0.298. The third-order valence-electron chi connectivity index (χ3n) is 1.63. The molecule has 3 N–H and O–H groups in total.